The van der Waals surface area contributed by atoms with Crippen LogP contribution in [0.3, 0.4) is 0 Å². The number of rotatable bonds is 9. The molecule has 4 N–H and O–H groups in total. The highest BCUT2D eigenvalue weighted by Crippen LogP contribution is 2.22. The summed E-state index contributed by atoms with van der Waals surface area (Å²) < 4.78 is 15.4. The van der Waals surface area contributed by atoms with Crippen molar-refractivity contribution >= 4 is 36.1 Å². The first-order chi connectivity index (χ1) is 25.2. The monoisotopic (exact) mass is 753 g/mol. The molecule has 1 aliphatic rings. The molecule has 1 fully saturated rings. The Bertz CT molecular complexity index is 1520. The highest BCUT2D eigenvalue weighted by Gasteiger charge is 2.35. The van der Waals surface area contributed by atoms with Crippen molar-refractivity contribution in [3.05, 3.63) is 66.0 Å². The Kier molecular flexibility index (Phi) is 17.4. The SMILES string of the molecule is CC(C)(C)OC(=O)NCC(=O)N1CCCC1C(=O)NC(Cc1ccccn1)c1ccccc1.CCCN=C(NC(=O)OC(C)(C)C)NC(=O)OC(C)(C)C. The summed E-state index contributed by atoms with van der Waals surface area (Å²) in [6.45, 7) is 18.4. The number of hydrogen-bond acceptors (Lipinski definition) is 10. The number of ether oxygens (including phenoxy) is 3. The average Bonchev–Trinajstić information content (AvgIpc) is 3.55. The molecule has 0 radical (unpaired) electrons. The van der Waals surface area contributed by atoms with Crippen LogP contribution in [0.15, 0.2) is 59.7 Å². The fourth-order valence-corrected chi connectivity index (χ4v) is 4.97. The van der Waals surface area contributed by atoms with Crippen molar-refractivity contribution in [1.29, 1.82) is 0 Å². The van der Waals surface area contributed by atoms with E-state index in [0.29, 0.717) is 25.9 Å². The van der Waals surface area contributed by atoms with E-state index in [1.165, 1.54) is 4.90 Å². The van der Waals surface area contributed by atoms with Crippen molar-refractivity contribution in [3.8, 4) is 0 Å². The first-order valence-corrected chi connectivity index (χ1v) is 18.2. The van der Waals surface area contributed by atoms with Crippen LogP contribution >= 0.6 is 0 Å². The molecule has 0 bridgehead atoms. The third-order valence-electron chi connectivity index (χ3n) is 7.05. The van der Waals surface area contributed by atoms with E-state index in [1.54, 1.807) is 68.5 Å². The molecule has 298 valence electrons. The van der Waals surface area contributed by atoms with Crippen LogP contribution in [0.2, 0.25) is 0 Å². The van der Waals surface area contributed by atoms with E-state index in [0.717, 1.165) is 24.1 Å². The summed E-state index contributed by atoms with van der Waals surface area (Å²) >= 11 is 0. The number of amides is 5. The van der Waals surface area contributed by atoms with Gasteiger partial charge in [0.25, 0.3) is 0 Å². The molecule has 2 atom stereocenters. The van der Waals surface area contributed by atoms with E-state index in [4.69, 9.17) is 14.2 Å². The Balaban J connectivity index is 0.000000417. The van der Waals surface area contributed by atoms with E-state index in [1.807, 2.05) is 55.5 Å². The van der Waals surface area contributed by atoms with E-state index in [-0.39, 0.29) is 30.4 Å². The molecule has 0 spiro atoms. The minimum absolute atomic E-state index is 0.0142. The van der Waals surface area contributed by atoms with Gasteiger partial charge in [-0.3, -0.25) is 30.2 Å². The van der Waals surface area contributed by atoms with E-state index in [2.05, 4.69) is 31.2 Å². The Hall–Kier alpha value is -5.21. The van der Waals surface area contributed by atoms with Crippen LogP contribution in [-0.2, 0) is 30.2 Å². The van der Waals surface area contributed by atoms with Crippen LogP contribution in [0, 0.1) is 0 Å². The van der Waals surface area contributed by atoms with E-state index in [9.17, 15) is 24.0 Å². The van der Waals surface area contributed by atoms with Gasteiger partial charge in [0, 0.05) is 31.4 Å². The van der Waals surface area contributed by atoms with Gasteiger partial charge in [0.1, 0.15) is 29.4 Å². The lowest BCUT2D eigenvalue weighted by Crippen LogP contribution is -2.50. The van der Waals surface area contributed by atoms with Gasteiger partial charge < -0.3 is 29.7 Å². The van der Waals surface area contributed by atoms with E-state index >= 15 is 0 Å². The molecule has 0 aliphatic carbocycles. The number of hydrogen-bond donors (Lipinski definition) is 4. The van der Waals surface area contributed by atoms with Crippen molar-refractivity contribution in [1.82, 2.24) is 31.2 Å². The molecule has 1 aliphatic heterocycles. The third kappa shape index (κ3) is 18.5. The lowest BCUT2D eigenvalue weighted by molar-refractivity contribution is -0.138. The number of aliphatic imine (C=N–C) groups is 1. The predicted molar refractivity (Wildman–Crippen MR) is 206 cm³/mol. The standard InChI is InChI=1S/C25H32N4O4.C14H27N3O4/c1-25(2,3)33-24(32)27-17-22(30)29-15-9-13-21(29)23(31)28-20(18-10-5-4-6-11-18)16-19-12-7-8-14-26-19;1-8-9-15-10(16-11(18)20-13(2,3)4)17-12(19)21-14(5,6)7/h4-8,10-12,14,20-21H,9,13,15-17H2,1-3H3,(H,27,32)(H,28,31);8-9H2,1-7H3,(H2,15,16,17,18,19). The Morgan fingerprint density at radius 3 is 1.89 bits per heavy atom. The number of aromatic nitrogens is 1. The van der Waals surface area contributed by atoms with Crippen LogP contribution in [0.1, 0.15) is 106 Å². The van der Waals surface area contributed by atoms with Crippen LogP contribution in [-0.4, -0.2) is 88.4 Å². The number of benzene rings is 1. The number of pyridine rings is 1. The smallest absolute Gasteiger partial charge is 0.414 e. The molecule has 1 aromatic heterocycles. The van der Waals surface area contributed by atoms with Crippen molar-refractivity contribution in [2.24, 2.45) is 4.99 Å². The number of carbonyl (C=O) groups excluding carboxylic acids is 5. The molecule has 3 rings (SSSR count). The van der Waals surface area contributed by atoms with Gasteiger partial charge >= 0.3 is 18.3 Å². The second kappa shape index (κ2) is 20.9. The highest BCUT2D eigenvalue weighted by atomic mass is 16.6. The highest BCUT2D eigenvalue weighted by molar-refractivity contribution is 6.01. The first kappa shape index (κ1) is 44.9. The summed E-state index contributed by atoms with van der Waals surface area (Å²) in [6, 6.07) is 14.6. The molecule has 1 aromatic carbocycles. The molecule has 5 amide bonds. The van der Waals surface area contributed by atoms with Crippen LogP contribution in [0.4, 0.5) is 14.4 Å². The maximum absolute atomic E-state index is 13.2. The van der Waals surface area contributed by atoms with Gasteiger partial charge in [0.2, 0.25) is 17.8 Å². The number of carbonyl (C=O) groups is 5. The fraction of sp³-hybridized carbons (Fsp3) is 0.564. The summed E-state index contributed by atoms with van der Waals surface area (Å²) in [7, 11) is 0. The zero-order chi connectivity index (χ0) is 40.5. The van der Waals surface area contributed by atoms with Crippen molar-refractivity contribution in [2.75, 3.05) is 19.6 Å². The molecule has 0 saturated carbocycles. The Labute approximate surface area is 319 Å². The Morgan fingerprint density at radius 1 is 0.815 bits per heavy atom. The number of nitrogens with one attached hydrogen (secondary N) is 4. The quantitative estimate of drug-likeness (QED) is 0.139. The second-order valence-corrected chi connectivity index (χ2v) is 15.6. The number of guanidine groups is 1. The molecule has 2 heterocycles. The minimum Gasteiger partial charge on any atom is -0.444 e. The largest absolute Gasteiger partial charge is 0.444 e. The lowest BCUT2D eigenvalue weighted by atomic mass is 10.0. The maximum Gasteiger partial charge on any atom is 0.414 e. The normalized spacial score (nSPS) is 14.6. The van der Waals surface area contributed by atoms with Crippen molar-refractivity contribution in [2.45, 2.75) is 124 Å². The molecular formula is C39H59N7O8. The van der Waals surface area contributed by atoms with Gasteiger partial charge in [-0.15, -0.1) is 0 Å². The maximum atomic E-state index is 13.2. The van der Waals surface area contributed by atoms with Crippen LogP contribution in [0.25, 0.3) is 0 Å². The van der Waals surface area contributed by atoms with Gasteiger partial charge in [-0.2, -0.15) is 0 Å². The zero-order valence-corrected chi connectivity index (χ0v) is 33.4. The van der Waals surface area contributed by atoms with E-state index < -0.39 is 41.1 Å². The summed E-state index contributed by atoms with van der Waals surface area (Å²) in [4.78, 5) is 71.2. The number of likely N-dealkylation sites (tertiary alicyclic amines) is 1. The average molecular weight is 754 g/mol. The summed E-state index contributed by atoms with van der Waals surface area (Å²) in [5.74, 6) is -0.497. The lowest BCUT2D eigenvalue weighted by Gasteiger charge is -2.27. The molecule has 2 unspecified atom stereocenters. The van der Waals surface area contributed by atoms with Crippen molar-refractivity contribution in [3.63, 3.8) is 0 Å². The topological polar surface area (TPSA) is 190 Å². The predicted octanol–water partition coefficient (Wildman–Crippen LogP) is 5.80. The van der Waals surface area contributed by atoms with Crippen LogP contribution in [0.5, 0.6) is 0 Å². The fourth-order valence-electron chi connectivity index (χ4n) is 4.97. The van der Waals surface area contributed by atoms with Crippen molar-refractivity contribution < 1.29 is 38.2 Å². The first-order valence-electron chi connectivity index (χ1n) is 18.2. The molecule has 54 heavy (non-hydrogen) atoms. The summed E-state index contributed by atoms with van der Waals surface area (Å²) in [5, 5.41) is 10.4. The minimum atomic E-state index is -0.687. The number of alkyl carbamates (subject to hydrolysis) is 3. The molecule has 2 aromatic rings. The van der Waals surface area contributed by atoms with Crippen LogP contribution < -0.4 is 21.3 Å². The Morgan fingerprint density at radius 2 is 1.37 bits per heavy atom. The second-order valence-electron chi connectivity index (χ2n) is 15.6. The summed E-state index contributed by atoms with van der Waals surface area (Å²) in [5.41, 5.74) is -0.0763. The van der Waals surface area contributed by atoms with Gasteiger partial charge in [-0.05, 0) is 99.3 Å². The molecule has 15 heteroatoms. The molecule has 1 saturated heterocycles. The number of nitrogens with zero attached hydrogens (tertiary/aromatic N) is 3. The summed E-state index contributed by atoms with van der Waals surface area (Å²) in [6.07, 6.45) is 2.32. The van der Waals surface area contributed by atoms with Gasteiger partial charge in [0.05, 0.1) is 6.04 Å². The molecule has 15 nitrogen and oxygen atoms in total. The van der Waals surface area contributed by atoms with Gasteiger partial charge in [-0.25, -0.2) is 14.4 Å². The third-order valence-corrected chi connectivity index (χ3v) is 7.05. The molecular weight excluding hydrogens is 694 g/mol. The van der Waals surface area contributed by atoms with Gasteiger partial charge in [0.15, 0.2) is 0 Å². The zero-order valence-electron chi connectivity index (χ0n) is 33.4. The van der Waals surface area contributed by atoms with Gasteiger partial charge in [-0.1, -0.05) is 43.3 Å².